The zero-order chi connectivity index (χ0) is 18.8. The van der Waals surface area contributed by atoms with Crippen LogP contribution in [-0.4, -0.2) is 31.1 Å². The summed E-state index contributed by atoms with van der Waals surface area (Å²) in [7, 11) is 3.70. The number of ether oxygens (including phenoxy) is 2. The third-order valence-electron chi connectivity index (χ3n) is 6.00. The molecule has 0 aliphatic carbocycles. The standard InChI is InChI=1S/C22H21N3O2/c1-21(2)16-7-5-6-8-17(16)25(3)22(21)13-24-19-14-11-12-23-20(26-4)15(14)9-10-18(19)27-22/h5-13H,1-4H3. The third-order valence-corrected chi connectivity index (χ3v) is 6.00. The maximum Gasteiger partial charge on any atom is 0.228 e. The van der Waals surface area contributed by atoms with E-state index in [-0.39, 0.29) is 5.41 Å². The Bertz CT molecular complexity index is 1110. The van der Waals surface area contributed by atoms with E-state index < -0.39 is 5.72 Å². The number of hydrogen-bond donors (Lipinski definition) is 0. The first-order valence-corrected chi connectivity index (χ1v) is 9.03. The zero-order valence-electron chi connectivity index (χ0n) is 15.9. The van der Waals surface area contributed by atoms with Gasteiger partial charge in [0.05, 0.1) is 18.7 Å². The predicted molar refractivity (Wildman–Crippen MR) is 108 cm³/mol. The van der Waals surface area contributed by atoms with Crippen LogP contribution in [0.15, 0.2) is 53.7 Å². The number of fused-ring (bicyclic) bond motifs is 4. The van der Waals surface area contributed by atoms with Crippen LogP contribution in [0.5, 0.6) is 11.6 Å². The number of anilines is 1. The molecule has 1 aromatic heterocycles. The number of nitrogens with zero attached hydrogens (tertiary/aromatic N) is 3. The lowest BCUT2D eigenvalue weighted by atomic mass is 9.77. The van der Waals surface area contributed by atoms with Gasteiger partial charge in [-0.2, -0.15) is 0 Å². The number of para-hydroxylation sites is 1. The second-order valence-electron chi connectivity index (χ2n) is 7.59. The van der Waals surface area contributed by atoms with E-state index in [1.807, 2.05) is 24.4 Å². The van der Waals surface area contributed by atoms with Gasteiger partial charge in [0, 0.05) is 29.7 Å². The lowest BCUT2D eigenvalue weighted by Gasteiger charge is -2.45. The van der Waals surface area contributed by atoms with Crippen molar-refractivity contribution in [2.75, 3.05) is 19.1 Å². The lowest BCUT2D eigenvalue weighted by Crippen LogP contribution is -2.61. The fourth-order valence-electron chi connectivity index (χ4n) is 4.45. The summed E-state index contributed by atoms with van der Waals surface area (Å²) in [4.78, 5) is 11.4. The van der Waals surface area contributed by atoms with Crippen molar-refractivity contribution in [1.82, 2.24) is 4.98 Å². The molecule has 3 aromatic rings. The van der Waals surface area contributed by atoms with Crippen molar-refractivity contribution in [2.24, 2.45) is 4.99 Å². The summed E-state index contributed by atoms with van der Waals surface area (Å²) in [5.41, 5.74) is 2.32. The van der Waals surface area contributed by atoms with Crippen LogP contribution < -0.4 is 14.4 Å². The van der Waals surface area contributed by atoms with Crippen LogP contribution in [0.4, 0.5) is 11.4 Å². The number of rotatable bonds is 1. The summed E-state index contributed by atoms with van der Waals surface area (Å²) in [6.45, 7) is 4.42. The Kier molecular flexibility index (Phi) is 3.12. The second kappa shape index (κ2) is 5.22. The van der Waals surface area contributed by atoms with E-state index >= 15 is 0 Å². The van der Waals surface area contributed by atoms with Crippen molar-refractivity contribution in [2.45, 2.75) is 25.0 Å². The minimum absolute atomic E-state index is 0.260. The van der Waals surface area contributed by atoms with Crippen LogP contribution in [-0.2, 0) is 5.41 Å². The molecule has 0 radical (unpaired) electrons. The molecule has 27 heavy (non-hydrogen) atoms. The molecule has 2 aromatic carbocycles. The molecule has 0 fully saturated rings. The summed E-state index contributed by atoms with van der Waals surface area (Å²) in [5.74, 6) is 1.36. The van der Waals surface area contributed by atoms with Gasteiger partial charge in [-0.25, -0.2) is 4.98 Å². The molecule has 2 aliphatic rings. The van der Waals surface area contributed by atoms with E-state index in [0.29, 0.717) is 5.88 Å². The number of likely N-dealkylation sites (N-methyl/N-ethyl adjacent to an activating group) is 1. The van der Waals surface area contributed by atoms with Gasteiger partial charge in [-0.3, -0.25) is 4.99 Å². The van der Waals surface area contributed by atoms with Crippen molar-refractivity contribution in [1.29, 1.82) is 0 Å². The Morgan fingerprint density at radius 3 is 2.63 bits per heavy atom. The van der Waals surface area contributed by atoms with E-state index in [4.69, 9.17) is 14.5 Å². The number of aromatic nitrogens is 1. The Hall–Kier alpha value is -3.08. The smallest absolute Gasteiger partial charge is 0.228 e. The van der Waals surface area contributed by atoms with Gasteiger partial charge < -0.3 is 14.4 Å². The van der Waals surface area contributed by atoms with Gasteiger partial charge in [0.15, 0.2) is 0 Å². The van der Waals surface area contributed by atoms with E-state index in [0.717, 1.165) is 22.2 Å². The number of methoxy groups -OCH3 is 1. The van der Waals surface area contributed by atoms with Crippen LogP contribution in [0.2, 0.25) is 0 Å². The fraction of sp³-hybridized carbons (Fsp3) is 0.273. The van der Waals surface area contributed by atoms with E-state index in [9.17, 15) is 0 Å². The number of hydrogen-bond acceptors (Lipinski definition) is 5. The normalized spacial score (nSPS) is 21.9. The molecule has 1 spiro atoms. The summed E-state index contributed by atoms with van der Waals surface area (Å²) >= 11 is 0. The van der Waals surface area contributed by atoms with Crippen LogP contribution in [0.25, 0.3) is 10.8 Å². The number of benzene rings is 2. The summed E-state index contributed by atoms with van der Waals surface area (Å²) in [6, 6.07) is 14.4. The highest BCUT2D eigenvalue weighted by atomic mass is 16.5. The average molecular weight is 359 g/mol. The maximum atomic E-state index is 6.69. The molecule has 3 heterocycles. The van der Waals surface area contributed by atoms with Gasteiger partial charge in [0.2, 0.25) is 11.6 Å². The fourth-order valence-corrected chi connectivity index (χ4v) is 4.45. The van der Waals surface area contributed by atoms with Gasteiger partial charge in [-0.15, -0.1) is 0 Å². The SMILES string of the molecule is COc1nccc2c3c(ccc12)OC1(C=N3)N(C)c2ccccc2C1(C)C. The molecule has 1 atom stereocenters. The minimum Gasteiger partial charge on any atom is -0.481 e. The quantitative estimate of drug-likeness (QED) is 0.643. The summed E-state index contributed by atoms with van der Waals surface area (Å²) < 4.78 is 12.1. The van der Waals surface area contributed by atoms with Crippen LogP contribution in [0.1, 0.15) is 19.4 Å². The van der Waals surface area contributed by atoms with Crippen molar-refractivity contribution in [3.63, 3.8) is 0 Å². The van der Waals surface area contributed by atoms with E-state index in [1.165, 1.54) is 11.3 Å². The topological polar surface area (TPSA) is 47.0 Å². The van der Waals surface area contributed by atoms with Crippen LogP contribution in [0.3, 0.4) is 0 Å². The number of pyridine rings is 1. The first kappa shape index (κ1) is 16.1. The van der Waals surface area contributed by atoms with Gasteiger partial charge in [0.25, 0.3) is 0 Å². The monoisotopic (exact) mass is 359 g/mol. The molecular weight excluding hydrogens is 338 g/mol. The van der Waals surface area contributed by atoms with Crippen molar-refractivity contribution < 1.29 is 9.47 Å². The highest BCUT2D eigenvalue weighted by molar-refractivity contribution is 6.01. The zero-order valence-corrected chi connectivity index (χ0v) is 15.9. The molecule has 0 bridgehead atoms. The Balaban J connectivity index is 1.70. The maximum absolute atomic E-state index is 6.69. The lowest BCUT2D eigenvalue weighted by molar-refractivity contribution is 0.0826. The molecule has 5 heteroatoms. The summed E-state index contributed by atoms with van der Waals surface area (Å²) in [6.07, 6.45) is 3.69. The average Bonchev–Trinajstić information content (AvgIpc) is 2.86. The van der Waals surface area contributed by atoms with Crippen LogP contribution >= 0.6 is 0 Å². The number of aliphatic imine (C=N–C) groups is 1. The highest BCUT2D eigenvalue weighted by Gasteiger charge is 2.58. The summed E-state index contributed by atoms with van der Waals surface area (Å²) in [5, 5.41) is 1.90. The van der Waals surface area contributed by atoms with E-state index in [1.54, 1.807) is 13.3 Å². The highest BCUT2D eigenvalue weighted by Crippen LogP contribution is 2.54. The molecule has 2 aliphatic heterocycles. The van der Waals surface area contributed by atoms with Crippen molar-refractivity contribution >= 4 is 28.4 Å². The largest absolute Gasteiger partial charge is 0.481 e. The molecule has 136 valence electrons. The predicted octanol–water partition coefficient (Wildman–Crippen LogP) is 4.46. The molecule has 0 saturated heterocycles. The Labute approximate surface area is 158 Å². The minimum atomic E-state index is -0.672. The molecule has 0 N–H and O–H groups in total. The molecule has 5 rings (SSSR count). The van der Waals surface area contributed by atoms with Gasteiger partial charge in [-0.1, -0.05) is 18.2 Å². The third kappa shape index (κ3) is 1.89. The molecule has 0 saturated carbocycles. The van der Waals surface area contributed by atoms with E-state index in [2.05, 4.69) is 55.0 Å². The first-order valence-electron chi connectivity index (χ1n) is 9.03. The molecule has 1 unspecified atom stereocenters. The Morgan fingerprint density at radius 1 is 1.04 bits per heavy atom. The van der Waals surface area contributed by atoms with Crippen LogP contribution in [0, 0.1) is 0 Å². The van der Waals surface area contributed by atoms with Gasteiger partial charge >= 0.3 is 0 Å². The molecule has 0 amide bonds. The van der Waals surface area contributed by atoms with Crippen molar-refractivity contribution in [3.05, 3.63) is 54.2 Å². The first-order chi connectivity index (χ1) is 13.0. The molecule has 5 nitrogen and oxygen atoms in total. The second-order valence-corrected chi connectivity index (χ2v) is 7.59. The Morgan fingerprint density at radius 2 is 1.85 bits per heavy atom. The van der Waals surface area contributed by atoms with Crippen molar-refractivity contribution in [3.8, 4) is 11.6 Å². The molecular formula is C22H21N3O2. The van der Waals surface area contributed by atoms with Gasteiger partial charge in [0.1, 0.15) is 11.4 Å². The van der Waals surface area contributed by atoms with Gasteiger partial charge in [-0.05, 0) is 43.7 Å².